The predicted octanol–water partition coefficient (Wildman–Crippen LogP) is 2.19. The minimum atomic E-state index is 0.238. The van der Waals surface area contributed by atoms with E-state index < -0.39 is 0 Å². The van der Waals surface area contributed by atoms with E-state index in [9.17, 15) is 0 Å². The van der Waals surface area contributed by atoms with E-state index in [4.69, 9.17) is 14.5 Å². The van der Waals surface area contributed by atoms with Crippen molar-refractivity contribution in [2.24, 2.45) is 5.16 Å². The van der Waals surface area contributed by atoms with Crippen LogP contribution >= 0.6 is 0 Å². The number of aromatic nitrogens is 1. The van der Waals surface area contributed by atoms with E-state index in [1.807, 2.05) is 31.2 Å². The molecular weight excluding hydrogens is 208 g/mol. The van der Waals surface area contributed by atoms with E-state index in [0.717, 1.165) is 5.39 Å². The van der Waals surface area contributed by atoms with Gasteiger partial charge in [0.05, 0.1) is 13.0 Å². The maximum atomic E-state index is 8.73. The zero-order valence-electron chi connectivity index (χ0n) is 8.88. The molecule has 0 aliphatic heterocycles. The van der Waals surface area contributed by atoms with Crippen molar-refractivity contribution in [1.82, 2.24) is 5.16 Å². The van der Waals surface area contributed by atoms with Crippen LogP contribution in [0.2, 0.25) is 0 Å². The molecule has 0 amide bonds. The number of nitrogens with zero attached hydrogens (tertiary/aromatic N) is 2. The molecule has 16 heavy (non-hydrogen) atoms. The first-order valence-electron chi connectivity index (χ1n) is 5.02. The van der Waals surface area contributed by atoms with Gasteiger partial charge < -0.3 is 14.5 Å². The molecule has 0 aliphatic rings. The van der Waals surface area contributed by atoms with E-state index in [-0.39, 0.29) is 5.90 Å². The average Bonchev–Trinajstić information content (AvgIpc) is 2.72. The Morgan fingerprint density at radius 3 is 3.06 bits per heavy atom. The molecule has 0 aliphatic carbocycles. The van der Waals surface area contributed by atoms with Gasteiger partial charge in [0.2, 0.25) is 5.90 Å². The van der Waals surface area contributed by atoms with Crippen LogP contribution in [0.4, 0.5) is 0 Å². The molecule has 1 heterocycles. The second-order valence-corrected chi connectivity index (χ2v) is 3.23. The van der Waals surface area contributed by atoms with Crippen LogP contribution in [0.1, 0.15) is 12.6 Å². The van der Waals surface area contributed by atoms with Crippen LogP contribution in [-0.4, -0.2) is 22.9 Å². The van der Waals surface area contributed by atoms with Crippen molar-refractivity contribution >= 4 is 16.9 Å². The van der Waals surface area contributed by atoms with Crippen LogP contribution in [-0.2, 0) is 11.2 Å². The Balaban J connectivity index is 2.27. The van der Waals surface area contributed by atoms with Gasteiger partial charge in [-0.25, -0.2) is 0 Å². The summed E-state index contributed by atoms with van der Waals surface area (Å²) in [4.78, 5) is 0. The Bertz CT molecular complexity index is 505. The molecule has 0 saturated carbocycles. The zero-order chi connectivity index (χ0) is 11.4. The van der Waals surface area contributed by atoms with Gasteiger partial charge >= 0.3 is 0 Å². The smallest absolute Gasteiger partial charge is 0.231 e. The summed E-state index contributed by atoms with van der Waals surface area (Å²) in [6, 6.07) is 7.52. The number of fused-ring (bicyclic) bond motifs is 1. The number of para-hydroxylation sites is 1. The van der Waals surface area contributed by atoms with Crippen LogP contribution < -0.4 is 0 Å². The first-order valence-corrected chi connectivity index (χ1v) is 5.02. The molecule has 0 spiro atoms. The molecule has 1 N–H and O–H groups in total. The summed E-state index contributed by atoms with van der Waals surface area (Å²) < 4.78 is 10.3. The predicted molar refractivity (Wildman–Crippen MR) is 58.6 cm³/mol. The fraction of sp³-hybridized carbons (Fsp3) is 0.273. The molecule has 0 unspecified atom stereocenters. The summed E-state index contributed by atoms with van der Waals surface area (Å²) in [7, 11) is 0. The SMILES string of the molecule is CCO/C(Cc1noc2ccccc12)=N\O. The van der Waals surface area contributed by atoms with Crippen LogP contribution in [0, 0.1) is 0 Å². The minimum absolute atomic E-state index is 0.238. The van der Waals surface area contributed by atoms with Gasteiger partial charge in [0, 0.05) is 5.39 Å². The summed E-state index contributed by atoms with van der Waals surface area (Å²) in [5.74, 6) is 0.238. The Hall–Kier alpha value is -2.04. The number of oxime groups is 1. The fourth-order valence-corrected chi connectivity index (χ4v) is 1.49. The summed E-state index contributed by atoms with van der Waals surface area (Å²) in [6.45, 7) is 2.28. The summed E-state index contributed by atoms with van der Waals surface area (Å²) in [5.41, 5.74) is 1.42. The first kappa shape index (κ1) is 10.5. The second kappa shape index (κ2) is 4.65. The largest absolute Gasteiger partial charge is 0.479 e. The normalized spacial score (nSPS) is 11.9. The monoisotopic (exact) mass is 220 g/mol. The lowest BCUT2D eigenvalue weighted by atomic mass is 10.2. The number of hydrogen-bond donors (Lipinski definition) is 1. The lowest BCUT2D eigenvalue weighted by Gasteiger charge is -2.02. The molecular formula is C11H12N2O3. The van der Waals surface area contributed by atoms with E-state index in [2.05, 4.69) is 10.3 Å². The highest BCUT2D eigenvalue weighted by Crippen LogP contribution is 2.18. The lowest BCUT2D eigenvalue weighted by Crippen LogP contribution is -2.08. The number of benzene rings is 1. The maximum absolute atomic E-state index is 8.73. The molecule has 84 valence electrons. The summed E-state index contributed by atoms with van der Waals surface area (Å²) in [6.07, 6.45) is 0.321. The fourth-order valence-electron chi connectivity index (χ4n) is 1.49. The number of ether oxygens (including phenoxy) is 1. The van der Waals surface area contributed by atoms with Crippen molar-refractivity contribution in [2.75, 3.05) is 6.61 Å². The standard InChI is InChI=1S/C11H12N2O3/c1-2-15-11(12-14)7-9-8-5-3-4-6-10(8)16-13-9/h3-6,14H,2,7H2,1H3/b12-11-. The third kappa shape index (κ3) is 1.98. The van der Waals surface area contributed by atoms with E-state index in [1.54, 1.807) is 0 Å². The first-order chi connectivity index (χ1) is 7.85. The third-order valence-corrected chi connectivity index (χ3v) is 2.19. The molecule has 0 atom stereocenters. The van der Waals surface area contributed by atoms with Crippen molar-refractivity contribution < 1.29 is 14.5 Å². The number of hydrogen-bond acceptors (Lipinski definition) is 5. The van der Waals surface area contributed by atoms with Gasteiger partial charge in [0.25, 0.3) is 0 Å². The Morgan fingerprint density at radius 1 is 1.50 bits per heavy atom. The van der Waals surface area contributed by atoms with Crippen molar-refractivity contribution in [3.8, 4) is 0 Å². The van der Waals surface area contributed by atoms with Gasteiger partial charge in [0.15, 0.2) is 5.58 Å². The van der Waals surface area contributed by atoms with E-state index >= 15 is 0 Å². The van der Waals surface area contributed by atoms with E-state index in [0.29, 0.717) is 24.3 Å². The van der Waals surface area contributed by atoms with Gasteiger partial charge in [-0.05, 0) is 19.1 Å². The molecule has 0 fully saturated rings. The molecule has 1 aromatic carbocycles. The van der Waals surface area contributed by atoms with Gasteiger partial charge in [-0.2, -0.15) is 0 Å². The van der Waals surface area contributed by atoms with Crippen LogP contribution in [0.15, 0.2) is 33.9 Å². The highest BCUT2D eigenvalue weighted by molar-refractivity contribution is 5.85. The van der Waals surface area contributed by atoms with Crippen LogP contribution in [0.25, 0.3) is 11.0 Å². The minimum Gasteiger partial charge on any atom is -0.479 e. The van der Waals surface area contributed by atoms with Crippen molar-refractivity contribution in [1.29, 1.82) is 0 Å². The number of rotatable bonds is 3. The third-order valence-electron chi connectivity index (χ3n) is 2.19. The van der Waals surface area contributed by atoms with Gasteiger partial charge in [-0.1, -0.05) is 22.4 Å². The van der Waals surface area contributed by atoms with Crippen molar-refractivity contribution in [3.05, 3.63) is 30.0 Å². The topological polar surface area (TPSA) is 67.9 Å². The molecule has 5 heteroatoms. The molecule has 2 aromatic rings. The van der Waals surface area contributed by atoms with Crippen molar-refractivity contribution in [3.63, 3.8) is 0 Å². The quantitative estimate of drug-likeness (QED) is 0.372. The lowest BCUT2D eigenvalue weighted by molar-refractivity contribution is 0.259. The molecule has 1 aromatic heterocycles. The van der Waals surface area contributed by atoms with E-state index in [1.165, 1.54) is 0 Å². The van der Waals surface area contributed by atoms with Gasteiger partial charge in [-0.15, -0.1) is 0 Å². The Morgan fingerprint density at radius 2 is 2.31 bits per heavy atom. The highest BCUT2D eigenvalue weighted by atomic mass is 16.5. The molecule has 0 bridgehead atoms. The highest BCUT2D eigenvalue weighted by Gasteiger charge is 2.11. The zero-order valence-corrected chi connectivity index (χ0v) is 8.88. The van der Waals surface area contributed by atoms with Crippen LogP contribution in [0.3, 0.4) is 0 Å². The summed E-state index contributed by atoms with van der Waals surface area (Å²) in [5, 5.41) is 16.6. The molecule has 2 rings (SSSR count). The Kier molecular flexibility index (Phi) is 3.05. The van der Waals surface area contributed by atoms with Gasteiger partial charge in [-0.3, -0.25) is 0 Å². The van der Waals surface area contributed by atoms with Crippen molar-refractivity contribution in [2.45, 2.75) is 13.3 Å². The second-order valence-electron chi connectivity index (χ2n) is 3.23. The molecule has 0 radical (unpaired) electrons. The molecule has 5 nitrogen and oxygen atoms in total. The maximum Gasteiger partial charge on any atom is 0.231 e. The van der Waals surface area contributed by atoms with Crippen LogP contribution in [0.5, 0.6) is 0 Å². The van der Waals surface area contributed by atoms with Gasteiger partial charge in [0.1, 0.15) is 5.69 Å². The molecule has 0 saturated heterocycles. The Labute approximate surface area is 92.3 Å². The average molecular weight is 220 g/mol. The summed E-state index contributed by atoms with van der Waals surface area (Å²) >= 11 is 0.